The second-order valence-electron chi connectivity index (χ2n) is 4.88. The summed E-state index contributed by atoms with van der Waals surface area (Å²) < 4.78 is 5.11. The Labute approximate surface area is 111 Å². The van der Waals surface area contributed by atoms with E-state index in [0.717, 1.165) is 19.3 Å². The Hall–Kier alpha value is -1.25. The van der Waals surface area contributed by atoms with Gasteiger partial charge in [-0.1, -0.05) is 30.2 Å². The van der Waals surface area contributed by atoms with Crippen LogP contribution in [-0.4, -0.2) is 18.7 Å². The normalized spacial score (nSPS) is 12.8. The maximum Gasteiger partial charge on any atom is 0.407 e. The van der Waals surface area contributed by atoms with Crippen molar-refractivity contribution in [2.45, 2.75) is 60.0 Å². The predicted molar refractivity (Wildman–Crippen MR) is 76.7 cm³/mol. The number of allylic oxidation sites excluding steroid dienone is 3. The first-order valence-corrected chi connectivity index (χ1v) is 6.69. The van der Waals surface area contributed by atoms with Gasteiger partial charge in [-0.25, -0.2) is 4.79 Å². The van der Waals surface area contributed by atoms with Gasteiger partial charge in [-0.2, -0.15) is 0 Å². The Morgan fingerprint density at radius 3 is 2.50 bits per heavy atom. The van der Waals surface area contributed by atoms with Crippen molar-refractivity contribution in [2.24, 2.45) is 0 Å². The quantitative estimate of drug-likeness (QED) is 0.690. The third kappa shape index (κ3) is 9.94. The van der Waals surface area contributed by atoms with E-state index in [0.29, 0.717) is 6.54 Å². The van der Waals surface area contributed by atoms with Gasteiger partial charge < -0.3 is 10.1 Å². The van der Waals surface area contributed by atoms with Crippen LogP contribution in [0.1, 0.15) is 53.9 Å². The standard InChI is InChI=1S/C15H27NO2/c1-6-14(5)18-15(17)16-11-10-13(4)9-7-8-12(2)3/h8,10,14H,6-7,9,11H2,1-5H3,(H,16,17)/b13-10-. The second-order valence-corrected chi connectivity index (χ2v) is 4.88. The van der Waals surface area contributed by atoms with Crippen LogP contribution in [0.2, 0.25) is 0 Å². The largest absolute Gasteiger partial charge is 0.447 e. The summed E-state index contributed by atoms with van der Waals surface area (Å²) in [6.07, 6.45) is 6.84. The van der Waals surface area contributed by atoms with E-state index in [-0.39, 0.29) is 12.2 Å². The molecule has 0 aromatic rings. The molecule has 0 fully saturated rings. The Balaban J connectivity index is 3.80. The van der Waals surface area contributed by atoms with Crippen molar-refractivity contribution in [1.82, 2.24) is 5.32 Å². The Morgan fingerprint density at radius 1 is 1.28 bits per heavy atom. The molecule has 3 heteroatoms. The molecule has 1 unspecified atom stereocenters. The van der Waals surface area contributed by atoms with Gasteiger partial charge in [0.15, 0.2) is 0 Å². The molecule has 3 nitrogen and oxygen atoms in total. The Kier molecular flexibility index (Phi) is 9.07. The molecule has 0 heterocycles. The van der Waals surface area contributed by atoms with E-state index in [4.69, 9.17) is 4.74 Å². The van der Waals surface area contributed by atoms with Gasteiger partial charge in [-0.3, -0.25) is 0 Å². The maximum absolute atomic E-state index is 11.3. The summed E-state index contributed by atoms with van der Waals surface area (Å²) in [6.45, 7) is 10.7. The number of carbonyl (C=O) groups is 1. The fourth-order valence-electron chi connectivity index (χ4n) is 1.31. The third-order valence-corrected chi connectivity index (χ3v) is 2.67. The minimum Gasteiger partial charge on any atom is -0.447 e. The number of alkyl carbamates (subject to hydrolysis) is 1. The fourth-order valence-corrected chi connectivity index (χ4v) is 1.31. The first kappa shape index (κ1) is 16.8. The fraction of sp³-hybridized carbons (Fsp3) is 0.667. The highest BCUT2D eigenvalue weighted by molar-refractivity contribution is 5.67. The summed E-state index contributed by atoms with van der Waals surface area (Å²) in [5.74, 6) is 0. The minimum absolute atomic E-state index is 0.0206. The molecule has 0 bridgehead atoms. The highest BCUT2D eigenvalue weighted by atomic mass is 16.6. The van der Waals surface area contributed by atoms with Crippen molar-refractivity contribution < 1.29 is 9.53 Å². The van der Waals surface area contributed by atoms with Gasteiger partial charge in [0.05, 0.1) is 0 Å². The van der Waals surface area contributed by atoms with Crippen LogP contribution in [0.5, 0.6) is 0 Å². The van der Waals surface area contributed by atoms with Crippen LogP contribution in [0.15, 0.2) is 23.3 Å². The lowest BCUT2D eigenvalue weighted by Crippen LogP contribution is -2.27. The number of amides is 1. The van der Waals surface area contributed by atoms with Crippen molar-refractivity contribution in [3.63, 3.8) is 0 Å². The van der Waals surface area contributed by atoms with Gasteiger partial charge in [-0.05, 0) is 47.0 Å². The molecular formula is C15H27NO2. The van der Waals surface area contributed by atoms with Crippen molar-refractivity contribution in [3.05, 3.63) is 23.3 Å². The smallest absolute Gasteiger partial charge is 0.407 e. The zero-order chi connectivity index (χ0) is 14.0. The molecule has 0 aliphatic rings. The van der Waals surface area contributed by atoms with Crippen LogP contribution >= 0.6 is 0 Å². The van der Waals surface area contributed by atoms with E-state index >= 15 is 0 Å². The van der Waals surface area contributed by atoms with Crippen molar-refractivity contribution >= 4 is 6.09 Å². The second kappa shape index (κ2) is 9.75. The number of rotatable bonds is 7. The summed E-state index contributed by atoms with van der Waals surface area (Å²) in [5.41, 5.74) is 2.63. The predicted octanol–water partition coefficient (Wildman–Crippen LogP) is 4.20. The molecule has 1 amide bonds. The summed E-state index contributed by atoms with van der Waals surface area (Å²) in [5, 5.41) is 2.73. The number of nitrogens with one attached hydrogen (secondary N) is 1. The highest BCUT2D eigenvalue weighted by Crippen LogP contribution is 2.05. The van der Waals surface area contributed by atoms with Crippen LogP contribution < -0.4 is 5.32 Å². The first-order valence-electron chi connectivity index (χ1n) is 6.69. The molecule has 0 saturated carbocycles. The van der Waals surface area contributed by atoms with E-state index < -0.39 is 0 Å². The average Bonchev–Trinajstić information content (AvgIpc) is 2.28. The first-order chi connectivity index (χ1) is 8.45. The van der Waals surface area contributed by atoms with E-state index in [9.17, 15) is 4.79 Å². The Morgan fingerprint density at radius 2 is 1.94 bits per heavy atom. The van der Waals surface area contributed by atoms with Crippen molar-refractivity contribution in [3.8, 4) is 0 Å². The van der Waals surface area contributed by atoms with Gasteiger partial charge in [0, 0.05) is 6.54 Å². The molecule has 0 radical (unpaired) electrons. The zero-order valence-corrected chi connectivity index (χ0v) is 12.4. The molecular weight excluding hydrogens is 226 g/mol. The van der Waals surface area contributed by atoms with Crippen LogP contribution in [0.4, 0.5) is 4.79 Å². The maximum atomic E-state index is 11.3. The summed E-state index contributed by atoms with van der Waals surface area (Å²) in [6, 6.07) is 0. The molecule has 18 heavy (non-hydrogen) atoms. The summed E-state index contributed by atoms with van der Waals surface area (Å²) in [7, 11) is 0. The summed E-state index contributed by atoms with van der Waals surface area (Å²) in [4.78, 5) is 11.3. The molecule has 104 valence electrons. The van der Waals surface area contributed by atoms with E-state index in [1.807, 2.05) is 19.9 Å². The molecule has 0 rings (SSSR count). The lowest BCUT2D eigenvalue weighted by atomic mass is 10.1. The SMILES string of the molecule is CCC(C)OC(=O)NC/C=C(/C)CCC=C(C)C. The van der Waals surface area contributed by atoms with E-state index in [1.54, 1.807) is 0 Å². The Bertz CT molecular complexity index is 302. The van der Waals surface area contributed by atoms with E-state index in [1.165, 1.54) is 11.1 Å². The number of hydrogen-bond acceptors (Lipinski definition) is 2. The molecule has 1 N–H and O–H groups in total. The van der Waals surface area contributed by atoms with Gasteiger partial charge in [0.2, 0.25) is 0 Å². The average molecular weight is 253 g/mol. The highest BCUT2D eigenvalue weighted by Gasteiger charge is 2.05. The van der Waals surface area contributed by atoms with Crippen molar-refractivity contribution in [1.29, 1.82) is 0 Å². The molecule has 1 atom stereocenters. The summed E-state index contributed by atoms with van der Waals surface area (Å²) >= 11 is 0. The number of carbonyl (C=O) groups excluding carboxylic acids is 1. The molecule has 0 aromatic heterocycles. The molecule has 0 spiro atoms. The van der Waals surface area contributed by atoms with Crippen LogP contribution in [0.25, 0.3) is 0 Å². The van der Waals surface area contributed by atoms with Gasteiger partial charge in [0.25, 0.3) is 0 Å². The van der Waals surface area contributed by atoms with Crippen LogP contribution in [0, 0.1) is 0 Å². The number of hydrogen-bond donors (Lipinski definition) is 1. The van der Waals surface area contributed by atoms with Gasteiger partial charge >= 0.3 is 6.09 Å². The van der Waals surface area contributed by atoms with Gasteiger partial charge in [0.1, 0.15) is 6.10 Å². The van der Waals surface area contributed by atoms with Crippen molar-refractivity contribution in [2.75, 3.05) is 6.54 Å². The minimum atomic E-state index is -0.335. The molecule has 0 aliphatic carbocycles. The lowest BCUT2D eigenvalue weighted by Gasteiger charge is -2.10. The third-order valence-electron chi connectivity index (χ3n) is 2.67. The molecule has 0 aliphatic heterocycles. The van der Waals surface area contributed by atoms with Crippen LogP contribution in [0.3, 0.4) is 0 Å². The zero-order valence-electron chi connectivity index (χ0n) is 12.4. The van der Waals surface area contributed by atoms with Gasteiger partial charge in [-0.15, -0.1) is 0 Å². The topological polar surface area (TPSA) is 38.3 Å². The molecule has 0 saturated heterocycles. The van der Waals surface area contributed by atoms with E-state index in [2.05, 4.69) is 32.2 Å². The number of ether oxygens (including phenoxy) is 1. The lowest BCUT2D eigenvalue weighted by molar-refractivity contribution is 0.106. The monoisotopic (exact) mass is 253 g/mol. The van der Waals surface area contributed by atoms with Crippen LogP contribution in [-0.2, 0) is 4.74 Å². The molecule has 0 aromatic carbocycles.